The topological polar surface area (TPSA) is 67.4 Å². The molecule has 0 saturated heterocycles. The Morgan fingerprint density at radius 2 is 1.92 bits per heavy atom. The van der Waals surface area contributed by atoms with Gasteiger partial charge in [-0.15, -0.1) is 0 Å². The van der Waals surface area contributed by atoms with Gasteiger partial charge >= 0.3 is 5.97 Å². The molecule has 7 heteroatoms. The fourth-order valence-electron chi connectivity index (χ4n) is 2.00. The van der Waals surface area contributed by atoms with Crippen molar-refractivity contribution in [3.63, 3.8) is 0 Å². The summed E-state index contributed by atoms with van der Waals surface area (Å²) >= 11 is 11.9. The van der Waals surface area contributed by atoms with E-state index in [1.165, 1.54) is 25.3 Å². The lowest BCUT2D eigenvalue weighted by Crippen LogP contribution is -2.17. The van der Waals surface area contributed by atoms with Crippen molar-refractivity contribution in [3.8, 4) is 0 Å². The molecule has 2 N–H and O–H groups in total. The van der Waals surface area contributed by atoms with E-state index in [9.17, 15) is 9.59 Å². The van der Waals surface area contributed by atoms with E-state index in [-0.39, 0.29) is 12.3 Å². The number of esters is 1. The predicted octanol–water partition coefficient (Wildman–Crippen LogP) is 4.22. The molecule has 0 atom stereocenters. The van der Waals surface area contributed by atoms with Crippen LogP contribution in [0.4, 0.5) is 11.4 Å². The average Bonchev–Trinajstić information content (AvgIpc) is 2.56. The minimum absolute atomic E-state index is 0.227. The van der Waals surface area contributed by atoms with E-state index in [0.717, 1.165) is 5.69 Å². The molecule has 0 unspecified atom stereocenters. The predicted molar refractivity (Wildman–Crippen MR) is 96.0 cm³/mol. The molecular formula is C17H16Cl2N2O3. The van der Waals surface area contributed by atoms with Crippen LogP contribution < -0.4 is 10.6 Å². The molecule has 0 heterocycles. The molecule has 2 aromatic carbocycles. The summed E-state index contributed by atoms with van der Waals surface area (Å²) in [5.41, 5.74) is 1.52. The average molecular weight is 367 g/mol. The first-order valence-electron chi connectivity index (χ1n) is 7.17. The highest BCUT2D eigenvalue weighted by Gasteiger charge is 2.11. The van der Waals surface area contributed by atoms with Gasteiger partial charge < -0.3 is 15.4 Å². The maximum absolute atomic E-state index is 12.0. The fraction of sp³-hybridized carbons (Fsp3) is 0.176. The highest BCUT2D eigenvalue weighted by atomic mass is 35.5. The first-order valence-corrected chi connectivity index (χ1v) is 7.92. The summed E-state index contributed by atoms with van der Waals surface area (Å²) in [7, 11) is 1.29. The molecule has 0 aliphatic carbocycles. The second-order valence-electron chi connectivity index (χ2n) is 4.92. The third kappa shape index (κ3) is 5.15. The van der Waals surface area contributed by atoms with Crippen molar-refractivity contribution in [1.29, 1.82) is 0 Å². The molecule has 0 fully saturated rings. The van der Waals surface area contributed by atoms with Gasteiger partial charge in [-0.1, -0.05) is 29.3 Å². The smallest absolute Gasteiger partial charge is 0.337 e. The molecule has 5 nitrogen and oxygen atoms in total. The second-order valence-corrected chi connectivity index (χ2v) is 5.77. The van der Waals surface area contributed by atoms with E-state index < -0.39 is 5.97 Å². The first kappa shape index (κ1) is 18.1. The van der Waals surface area contributed by atoms with E-state index in [0.29, 0.717) is 27.8 Å². The third-order valence-electron chi connectivity index (χ3n) is 3.17. The van der Waals surface area contributed by atoms with Gasteiger partial charge in [-0.05, 0) is 36.4 Å². The van der Waals surface area contributed by atoms with Gasteiger partial charge in [-0.3, -0.25) is 4.79 Å². The number of hydrogen-bond donors (Lipinski definition) is 2. The minimum Gasteiger partial charge on any atom is -0.465 e. The van der Waals surface area contributed by atoms with E-state index >= 15 is 0 Å². The van der Waals surface area contributed by atoms with Crippen LogP contribution in [0.15, 0.2) is 42.5 Å². The Labute approximate surface area is 149 Å². The molecule has 126 valence electrons. The molecule has 0 radical (unpaired) electrons. The van der Waals surface area contributed by atoms with Crippen LogP contribution in [0.2, 0.25) is 10.0 Å². The monoisotopic (exact) mass is 366 g/mol. The van der Waals surface area contributed by atoms with Crippen LogP contribution >= 0.6 is 23.2 Å². The SMILES string of the molecule is COC(=O)c1ccc(Cl)c(NC(=O)CCNc2cccc(Cl)c2)c1. The maximum Gasteiger partial charge on any atom is 0.337 e. The Kier molecular flexibility index (Phi) is 6.46. The van der Waals surface area contributed by atoms with Gasteiger partial charge in [0.25, 0.3) is 0 Å². The summed E-state index contributed by atoms with van der Waals surface area (Å²) in [6, 6.07) is 11.8. The molecule has 0 aromatic heterocycles. The number of methoxy groups -OCH3 is 1. The zero-order chi connectivity index (χ0) is 17.5. The molecule has 24 heavy (non-hydrogen) atoms. The molecule has 0 saturated carbocycles. The minimum atomic E-state index is -0.496. The number of anilines is 2. The second kappa shape index (κ2) is 8.57. The number of rotatable bonds is 6. The van der Waals surface area contributed by atoms with Gasteiger partial charge in [0.2, 0.25) is 5.91 Å². The largest absolute Gasteiger partial charge is 0.465 e. The Bertz CT molecular complexity index is 750. The number of nitrogens with one attached hydrogen (secondary N) is 2. The van der Waals surface area contributed by atoms with Gasteiger partial charge in [0.15, 0.2) is 0 Å². The van der Waals surface area contributed by atoms with Crippen LogP contribution in [-0.4, -0.2) is 25.5 Å². The fourth-order valence-corrected chi connectivity index (χ4v) is 2.35. The summed E-state index contributed by atoms with van der Waals surface area (Å²) in [6.45, 7) is 0.431. The number of amides is 1. The number of carbonyl (C=O) groups excluding carboxylic acids is 2. The van der Waals surface area contributed by atoms with Gasteiger partial charge in [-0.25, -0.2) is 4.79 Å². The van der Waals surface area contributed by atoms with Crippen molar-refractivity contribution in [2.24, 2.45) is 0 Å². The molecule has 2 rings (SSSR count). The highest BCUT2D eigenvalue weighted by molar-refractivity contribution is 6.33. The molecular weight excluding hydrogens is 351 g/mol. The van der Waals surface area contributed by atoms with Crippen molar-refractivity contribution in [2.75, 3.05) is 24.3 Å². The molecule has 0 spiro atoms. The van der Waals surface area contributed by atoms with E-state index in [4.69, 9.17) is 23.2 Å². The first-order chi connectivity index (χ1) is 11.5. The van der Waals surface area contributed by atoms with Gasteiger partial charge in [0.1, 0.15) is 0 Å². The normalized spacial score (nSPS) is 10.1. The van der Waals surface area contributed by atoms with Gasteiger partial charge in [0, 0.05) is 23.7 Å². The lowest BCUT2D eigenvalue weighted by Gasteiger charge is -2.10. The standard InChI is InChI=1S/C17H16Cl2N2O3/c1-24-17(23)11-5-6-14(19)15(9-11)21-16(22)7-8-20-13-4-2-3-12(18)10-13/h2-6,9-10,20H,7-8H2,1H3,(H,21,22). The third-order valence-corrected chi connectivity index (χ3v) is 3.73. The van der Waals surface area contributed by atoms with Crippen LogP contribution in [0.1, 0.15) is 16.8 Å². The van der Waals surface area contributed by atoms with Crippen LogP contribution in [0.25, 0.3) is 0 Å². The summed E-state index contributed by atoms with van der Waals surface area (Å²) in [5, 5.41) is 6.75. The lowest BCUT2D eigenvalue weighted by atomic mass is 10.2. The van der Waals surface area contributed by atoms with Crippen LogP contribution in [0.3, 0.4) is 0 Å². The zero-order valence-corrected chi connectivity index (χ0v) is 14.4. The number of benzene rings is 2. The van der Waals surface area contributed by atoms with Crippen LogP contribution in [0.5, 0.6) is 0 Å². The Balaban J connectivity index is 1.91. The van der Waals surface area contributed by atoms with Crippen LogP contribution in [-0.2, 0) is 9.53 Å². The maximum atomic E-state index is 12.0. The molecule has 2 aromatic rings. The number of ether oxygens (including phenoxy) is 1. The Morgan fingerprint density at radius 1 is 1.12 bits per heavy atom. The van der Waals surface area contributed by atoms with Crippen molar-refractivity contribution >= 4 is 46.5 Å². The summed E-state index contributed by atoms with van der Waals surface area (Å²) < 4.78 is 4.64. The summed E-state index contributed by atoms with van der Waals surface area (Å²) in [5.74, 6) is -0.724. The quantitative estimate of drug-likeness (QED) is 0.751. The van der Waals surface area contributed by atoms with Crippen molar-refractivity contribution in [2.45, 2.75) is 6.42 Å². The van der Waals surface area contributed by atoms with Crippen molar-refractivity contribution < 1.29 is 14.3 Å². The van der Waals surface area contributed by atoms with Crippen molar-refractivity contribution in [1.82, 2.24) is 0 Å². The zero-order valence-electron chi connectivity index (χ0n) is 12.9. The Morgan fingerprint density at radius 3 is 2.62 bits per heavy atom. The van der Waals surface area contributed by atoms with Gasteiger partial charge in [-0.2, -0.15) is 0 Å². The molecule has 0 aliphatic rings. The van der Waals surface area contributed by atoms with Crippen molar-refractivity contribution in [3.05, 3.63) is 58.1 Å². The lowest BCUT2D eigenvalue weighted by molar-refractivity contribution is -0.115. The molecule has 0 bridgehead atoms. The Hall–Kier alpha value is -2.24. The summed E-state index contributed by atoms with van der Waals surface area (Å²) in [6.07, 6.45) is 0.227. The number of halogens is 2. The van der Waals surface area contributed by atoms with E-state index in [2.05, 4.69) is 15.4 Å². The van der Waals surface area contributed by atoms with Crippen LogP contribution in [0, 0.1) is 0 Å². The molecule has 1 amide bonds. The van der Waals surface area contributed by atoms with E-state index in [1.54, 1.807) is 12.1 Å². The number of hydrogen-bond acceptors (Lipinski definition) is 4. The number of carbonyl (C=O) groups is 2. The molecule has 0 aliphatic heterocycles. The summed E-state index contributed by atoms with van der Waals surface area (Å²) in [4.78, 5) is 23.5. The highest BCUT2D eigenvalue weighted by Crippen LogP contribution is 2.23. The van der Waals surface area contributed by atoms with Gasteiger partial charge in [0.05, 0.1) is 23.4 Å². The van der Waals surface area contributed by atoms with E-state index in [1.807, 2.05) is 12.1 Å².